The van der Waals surface area contributed by atoms with Crippen LogP contribution in [0.25, 0.3) is 21.7 Å². The largest absolute Gasteiger partial charge is 0.497 e. The number of aromatic nitrogens is 3. The number of rotatable bonds is 5. The Hall–Kier alpha value is -2.99. The third kappa shape index (κ3) is 2.99. The van der Waals surface area contributed by atoms with Crippen LogP contribution in [0, 0.1) is 0 Å². The molecule has 0 bridgehead atoms. The Balaban J connectivity index is 1.62. The van der Waals surface area contributed by atoms with Crippen molar-refractivity contribution in [1.82, 2.24) is 9.55 Å². The van der Waals surface area contributed by atoms with E-state index >= 15 is 0 Å². The van der Waals surface area contributed by atoms with E-state index in [1.165, 1.54) is 0 Å². The van der Waals surface area contributed by atoms with Crippen molar-refractivity contribution >= 4 is 28.2 Å². The summed E-state index contributed by atoms with van der Waals surface area (Å²) < 4.78 is 9.10. The van der Waals surface area contributed by atoms with Gasteiger partial charge in [-0.2, -0.15) is 4.57 Å². The molecule has 5 nitrogen and oxygen atoms in total. The van der Waals surface area contributed by atoms with Gasteiger partial charge in [-0.25, -0.2) is 4.98 Å². The van der Waals surface area contributed by atoms with Crippen molar-refractivity contribution in [3.63, 3.8) is 0 Å². The number of ether oxygens (including phenoxy) is 1. The van der Waals surface area contributed by atoms with Crippen LogP contribution in [-0.2, 0) is 13.6 Å². The summed E-state index contributed by atoms with van der Waals surface area (Å²) in [6.45, 7) is 0.280. The van der Waals surface area contributed by atoms with Gasteiger partial charge >= 0.3 is 0 Å². The van der Waals surface area contributed by atoms with Gasteiger partial charge in [0.05, 0.1) is 12.0 Å². The zero-order chi connectivity index (χ0) is 18.1. The number of hydrogen-bond acceptors (Lipinski definition) is 4. The quantitative estimate of drug-likeness (QED) is 0.402. The van der Waals surface area contributed by atoms with Crippen LogP contribution in [0.15, 0.2) is 60.2 Å². The molecular formula is C20H18N3O2S+. The minimum Gasteiger partial charge on any atom is -0.497 e. The number of aryl methyl sites for hydroxylation is 1. The van der Waals surface area contributed by atoms with Gasteiger partial charge in [0.1, 0.15) is 16.8 Å². The van der Waals surface area contributed by atoms with Crippen LogP contribution in [0.2, 0.25) is 0 Å². The fraction of sp³-hybridized carbons (Fsp3) is 0.150. The summed E-state index contributed by atoms with van der Waals surface area (Å²) >= 11 is 1.67. The van der Waals surface area contributed by atoms with Gasteiger partial charge in [-0.1, -0.05) is 6.07 Å². The number of imidazole rings is 1. The molecule has 6 heteroatoms. The molecule has 4 rings (SSSR count). The van der Waals surface area contributed by atoms with E-state index in [0.29, 0.717) is 5.56 Å². The lowest BCUT2D eigenvalue weighted by atomic mass is 10.1. The Morgan fingerprint density at radius 3 is 2.73 bits per heavy atom. The molecule has 0 aliphatic heterocycles. The topological polar surface area (TPSA) is 48.0 Å². The van der Waals surface area contributed by atoms with Gasteiger partial charge in [0.25, 0.3) is 0 Å². The fourth-order valence-corrected chi connectivity index (χ4v) is 3.68. The monoisotopic (exact) mass is 364 g/mol. The summed E-state index contributed by atoms with van der Waals surface area (Å²) in [6, 6.07) is 13.2. The average Bonchev–Trinajstić information content (AvgIpc) is 3.30. The van der Waals surface area contributed by atoms with E-state index in [9.17, 15) is 4.79 Å². The Morgan fingerprint density at radius 1 is 1.23 bits per heavy atom. The first kappa shape index (κ1) is 16.5. The number of Topliss-reactive ketones (excluding diaryl/α,β-unsaturated/α-hetero) is 1. The molecule has 0 saturated heterocycles. The van der Waals surface area contributed by atoms with Crippen LogP contribution in [-0.4, -0.2) is 22.4 Å². The van der Waals surface area contributed by atoms with E-state index < -0.39 is 0 Å². The van der Waals surface area contributed by atoms with Gasteiger partial charge in [0, 0.05) is 18.7 Å². The van der Waals surface area contributed by atoms with E-state index in [4.69, 9.17) is 9.72 Å². The Labute approximate surface area is 155 Å². The molecule has 26 heavy (non-hydrogen) atoms. The number of carbonyl (C=O) groups is 1. The predicted molar refractivity (Wildman–Crippen MR) is 102 cm³/mol. The fourth-order valence-electron chi connectivity index (χ4n) is 2.93. The van der Waals surface area contributed by atoms with Crippen LogP contribution < -0.4 is 9.30 Å². The van der Waals surface area contributed by atoms with Crippen molar-refractivity contribution in [3.05, 3.63) is 65.8 Å². The van der Waals surface area contributed by atoms with Crippen molar-refractivity contribution in [2.75, 3.05) is 7.11 Å². The zero-order valence-corrected chi connectivity index (χ0v) is 15.4. The lowest BCUT2D eigenvalue weighted by molar-refractivity contribution is -0.682. The van der Waals surface area contributed by atoms with Gasteiger partial charge in [0.15, 0.2) is 18.2 Å². The molecule has 0 saturated carbocycles. The first-order valence-electron chi connectivity index (χ1n) is 8.22. The van der Waals surface area contributed by atoms with Crippen molar-refractivity contribution < 1.29 is 14.1 Å². The highest BCUT2D eigenvalue weighted by Crippen LogP contribution is 2.26. The number of hydrogen-bond donors (Lipinski definition) is 0. The summed E-state index contributed by atoms with van der Waals surface area (Å²) in [5.41, 5.74) is 2.59. The minimum absolute atomic E-state index is 0.0534. The van der Waals surface area contributed by atoms with E-state index in [0.717, 1.165) is 27.5 Å². The summed E-state index contributed by atoms with van der Waals surface area (Å²) in [6.07, 6.45) is 3.87. The van der Waals surface area contributed by atoms with Crippen LogP contribution in [0.3, 0.4) is 0 Å². The average molecular weight is 364 g/mol. The van der Waals surface area contributed by atoms with E-state index in [-0.39, 0.29) is 12.3 Å². The third-order valence-electron chi connectivity index (χ3n) is 4.36. The molecule has 1 aromatic carbocycles. The summed E-state index contributed by atoms with van der Waals surface area (Å²) in [7, 11) is 3.61. The highest BCUT2D eigenvalue weighted by molar-refractivity contribution is 7.13. The molecule has 3 aromatic heterocycles. The molecule has 0 spiro atoms. The molecule has 3 heterocycles. The molecule has 4 aromatic rings. The second-order valence-corrected chi connectivity index (χ2v) is 6.96. The Bertz CT molecular complexity index is 1070. The van der Waals surface area contributed by atoms with Crippen molar-refractivity contribution in [1.29, 1.82) is 0 Å². The number of nitrogens with zero attached hydrogens (tertiary/aromatic N) is 3. The Kier molecular flexibility index (Phi) is 4.26. The molecule has 0 N–H and O–H groups in total. The number of carbonyl (C=O) groups excluding carboxylic acids is 1. The van der Waals surface area contributed by atoms with E-state index in [1.807, 2.05) is 41.5 Å². The molecule has 0 fully saturated rings. The molecule has 0 radical (unpaired) electrons. The van der Waals surface area contributed by atoms with Crippen LogP contribution >= 0.6 is 11.3 Å². The lowest BCUT2D eigenvalue weighted by Gasteiger charge is -2.02. The SMILES string of the molecule is COc1ccc(C(=O)C[n+]2ccc3nc(-c4cccs4)n(C)c3c2)cc1. The normalized spacial score (nSPS) is 11.0. The van der Waals surface area contributed by atoms with Crippen molar-refractivity contribution in [3.8, 4) is 16.5 Å². The first-order chi connectivity index (χ1) is 12.7. The van der Waals surface area contributed by atoms with Crippen LogP contribution in [0.4, 0.5) is 0 Å². The van der Waals surface area contributed by atoms with Crippen LogP contribution in [0.1, 0.15) is 10.4 Å². The minimum atomic E-state index is 0.0534. The van der Waals surface area contributed by atoms with Crippen molar-refractivity contribution in [2.24, 2.45) is 7.05 Å². The second-order valence-electron chi connectivity index (χ2n) is 6.01. The summed E-state index contributed by atoms with van der Waals surface area (Å²) in [4.78, 5) is 18.4. The third-order valence-corrected chi connectivity index (χ3v) is 5.23. The maximum atomic E-state index is 12.5. The van der Waals surface area contributed by atoms with E-state index in [2.05, 4.69) is 10.6 Å². The number of fused-ring (bicyclic) bond motifs is 1. The maximum Gasteiger partial charge on any atom is 0.227 e. The van der Waals surface area contributed by atoms with Crippen LogP contribution in [0.5, 0.6) is 5.75 Å². The first-order valence-corrected chi connectivity index (χ1v) is 9.10. The van der Waals surface area contributed by atoms with E-state index in [1.54, 1.807) is 42.7 Å². The van der Waals surface area contributed by atoms with Gasteiger partial charge < -0.3 is 9.30 Å². The zero-order valence-electron chi connectivity index (χ0n) is 14.5. The summed E-state index contributed by atoms with van der Waals surface area (Å²) in [5, 5.41) is 2.04. The number of ketones is 1. The molecule has 130 valence electrons. The highest BCUT2D eigenvalue weighted by Gasteiger charge is 2.17. The molecule has 0 aliphatic rings. The molecule has 0 atom stereocenters. The van der Waals surface area contributed by atoms with Gasteiger partial charge in [-0.15, -0.1) is 11.3 Å². The lowest BCUT2D eigenvalue weighted by Crippen LogP contribution is -2.37. The van der Waals surface area contributed by atoms with Crippen molar-refractivity contribution in [2.45, 2.75) is 6.54 Å². The van der Waals surface area contributed by atoms with Gasteiger partial charge in [0.2, 0.25) is 12.3 Å². The smallest absolute Gasteiger partial charge is 0.227 e. The second kappa shape index (κ2) is 6.72. The molecule has 0 aliphatic carbocycles. The summed E-state index contributed by atoms with van der Waals surface area (Å²) in [5.74, 6) is 1.73. The number of methoxy groups -OCH3 is 1. The molecular weight excluding hydrogens is 346 g/mol. The molecule has 0 amide bonds. The number of thiophene rings is 1. The standard InChI is InChI=1S/C20H18N3O2S/c1-22-17-12-23(13-18(24)14-5-7-15(25-2)8-6-14)10-9-16(17)21-20(22)19-4-3-11-26-19/h3-12H,13H2,1-2H3/q+1. The Morgan fingerprint density at radius 2 is 2.04 bits per heavy atom. The highest BCUT2D eigenvalue weighted by atomic mass is 32.1. The predicted octanol–water partition coefficient (Wildman–Crippen LogP) is 3.48. The van der Waals surface area contributed by atoms with Gasteiger partial charge in [-0.05, 0) is 35.7 Å². The maximum absolute atomic E-state index is 12.5. The van der Waals surface area contributed by atoms with Gasteiger partial charge in [-0.3, -0.25) is 4.79 Å². The molecule has 0 unspecified atom stereocenters. The number of pyridine rings is 1. The number of benzene rings is 1.